The van der Waals surface area contributed by atoms with Crippen molar-refractivity contribution in [2.24, 2.45) is 0 Å². The van der Waals surface area contributed by atoms with Crippen LogP contribution in [0.4, 0.5) is 5.82 Å². The van der Waals surface area contributed by atoms with E-state index in [1.807, 2.05) is 6.92 Å². The molecule has 2 rings (SSSR count). The van der Waals surface area contributed by atoms with Crippen molar-refractivity contribution >= 4 is 5.82 Å². The Bertz CT molecular complexity index is 524. The molecule has 2 aromatic heterocycles. The quantitative estimate of drug-likeness (QED) is 0.832. The fraction of sp³-hybridized carbons (Fsp3) is 0.250. The highest BCUT2D eigenvalue weighted by atomic mass is 15.0. The maximum Gasteiger partial charge on any atom is 0.127 e. The molecule has 0 aromatic carbocycles. The van der Waals surface area contributed by atoms with Crippen molar-refractivity contribution in [3.63, 3.8) is 0 Å². The summed E-state index contributed by atoms with van der Waals surface area (Å²) < 4.78 is 0. The van der Waals surface area contributed by atoms with E-state index in [0.717, 1.165) is 30.3 Å². The number of hydrogen-bond donors (Lipinski definition) is 2. The van der Waals surface area contributed by atoms with Gasteiger partial charge in [-0.1, -0.05) is 0 Å². The monoisotopic (exact) mass is 227 g/mol. The van der Waals surface area contributed by atoms with Crippen LogP contribution in [-0.2, 0) is 6.42 Å². The zero-order chi connectivity index (χ0) is 12.1. The van der Waals surface area contributed by atoms with E-state index in [1.165, 1.54) is 0 Å². The lowest BCUT2D eigenvalue weighted by Crippen LogP contribution is -2.07. The number of nitrogens with zero attached hydrogens (tertiary/aromatic N) is 3. The molecule has 2 heterocycles. The number of pyridine rings is 1. The molecule has 0 fully saturated rings. The van der Waals surface area contributed by atoms with Gasteiger partial charge in [0.1, 0.15) is 11.6 Å². The van der Waals surface area contributed by atoms with Crippen LogP contribution in [0.15, 0.2) is 24.5 Å². The molecule has 86 valence electrons. The van der Waals surface area contributed by atoms with Crippen LogP contribution in [0, 0.1) is 18.3 Å². The SMILES string of the molecule is Cc1cc(C#N)cc(NCCc2ncc[nH]2)n1. The third-order valence-electron chi connectivity index (χ3n) is 2.31. The summed E-state index contributed by atoms with van der Waals surface area (Å²) in [4.78, 5) is 11.5. The minimum atomic E-state index is 0.623. The van der Waals surface area contributed by atoms with Gasteiger partial charge in [0.2, 0.25) is 0 Å². The maximum atomic E-state index is 8.84. The van der Waals surface area contributed by atoms with Crippen LogP contribution in [0.1, 0.15) is 17.1 Å². The lowest BCUT2D eigenvalue weighted by molar-refractivity contribution is 0.920. The molecule has 0 bridgehead atoms. The average molecular weight is 227 g/mol. The number of nitrogens with one attached hydrogen (secondary N) is 2. The van der Waals surface area contributed by atoms with Gasteiger partial charge in [0.15, 0.2) is 0 Å². The molecule has 0 aliphatic heterocycles. The Kier molecular flexibility index (Phi) is 3.36. The smallest absolute Gasteiger partial charge is 0.127 e. The Balaban J connectivity index is 1.95. The minimum absolute atomic E-state index is 0.623. The van der Waals surface area contributed by atoms with E-state index in [4.69, 9.17) is 5.26 Å². The number of anilines is 1. The van der Waals surface area contributed by atoms with Crippen LogP contribution in [0.3, 0.4) is 0 Å². The van der Waals surface area contributed by atoms with Gasteiger partial charge < -0.3 is 10.3 Å². The summed E-state index contributed by atoms with van der Waals surface area (Å²) in [5.41, 5.74) is 1.46. The van der Waals surface area contributed by atoms with Gasteiger partial charge in [0.05, 0.1) is 11.6 Å². The fourth-order valence-corrected chi connectivity index (χ4v) is 1.57. The highest BCUT2D eigenvalue weighted by Crippen LogP contribution is 2.09. The highest BCUT2D eigenvalue weighted by Gasteiger charge is 2.00. The maximum absolute atomic E-state index is 8.84. The van der Waals surface area contributed by atoms with Crippen molar-refractivity contribution in [2.75, 3.05) is 11.9 Å². The van der Waals surface area contributed by atoms with Crippen molar-refractivity contribution in [2.45, 2.75) is 13.3 Å². The number of rotatable bonds is 4. The van der Waals surface area contributed by atoms with E-state index in [9.17, 15) is 0 Å². The van der Waals surface area contributed by atoms with Crippen LogP contribution < -0.4 is 5.32 Å². The Labute approximate surface area is 99.5 Å². The Morgan fingerprint density at radius 1 is 1.47 bits per heavy atom. The molecule has 0 aliphatic carbocycles. The van der Waals surface area contributed by atoms with Crippen LogP contribution in [0.2, 0.25) is 0 Å². The first-order valence-electron chi connectivity index (χ1n) is 5.39. The molecule has 2 N–H and O–H groups in total. The first-order valence-corrected chi connectivity index (χ1v) is 5.39. The summed E-state index contributed by atoms with van der Waals surface area (Å²) in [5, 5.41) is 12.0. The molecule has 5 heteroatoms. The first-order chi connectivity index (χ1) is 8.28. The van der Waals surface area contributed by atoms with Gasteiger partial charge in [0, 0.05) is 31.1 Å². The number of imidazole rings is 1. The molecule has 0 aliphatic rings. The van der Waals surface area contributed by atoms with Gasteiger partial charge >= 0.3 is 0 Å². The molecular weight excluding hydrogens is 214 g/mol. The molecule has 0 saturated carbocycles. The van der Waals surface area contributed by atoms with Gasteiger partial charge in [0.25, 0.3) is 0 Å². The topological polar surface area (TPSA) is 77.4 Å². The third-order valence-corrected chi connectivity index (χ3v) is 2.31. The molecule has 0 atom stereocenters. The number of aryl methyl sites for hydroxylation is 1. The summed E-state index contributed by atoms with van der Waals surface area (Å²) >= 11 is 0. The molecule has 17 heavy (non-hydrogen) atoms. The standard InChI is InChI=1S/C12H13N5/c1-9-6-10(8-13)7-12(17-9)14-3-2-11-15-4-5-16-11/h4-7H,2-3H2,1H3,(H,14,17)(H,15,16). The van der Waals surface area contributed by atoms with Crippen LogP contribution in [-0.4, -0.2) is 21.5 Å². The molecular formula is C12H13N5. The first kappa shape index (κ1) is 11.1. The predicted molar refractivity (Wildman–Crippen MR) is 64.5 cm³/mol. The zero-order valence-corrected chi connectivity index (χ0v) is 9.57. The highest BCUT2D eigenvalue weighted by molar-refractivity contribution is 5.44. The van der Waals surface area contributed by atoms with Gasteiger partial charge in [-0.25, -0.2) is 9.97 Å². The Morgan fingerprint density at radius 2 is 2.35 bits per heavy atom. The third kappa shape index (κ3) is 3.05. The van der Waals surface area contributed by atoms with Crippen LogP contribution >= 0.6 is 0 Å². The normalized spacial score (nSPS) is 9.88. The lowest BCUT2D eigenvalue weighted by atomic mass is 10.2. The van der Waals surface area contributed by atoms with E-state index >= 15 is 0 Å². The van der Waals surface area contributed by atoms with Crippen molar-refractivity contribution in [1.82, 2.24) is 15.0 Å². The second-order valence-corrected chi connectivity index (χ2v) is 3.71. The van der Waals surface area contributed by atoms with Crippen LogP contribution in [0.25, 0.3) is 0 Å². The van der Waals surface area contributed by atoms with Gasteiger partial charge in [-0.15, -0.1) is 0 Å². The van der Waals surface area contributed by atoms with E-state index < -0.39 is 0 Å². The number of aromatic amines is 1. The van der Waals surface area contributed by atoms with E-state index in [2.05, 4.69) is 26.3 Å². The molecule has 0 radical (unpaired) electrons. The number of nitriles is 1. The Morgan fingerprint density at radius 3 is 3.06 bits per heavy atom. The van der Waals surface area contributed by atoms with Gasteiger partial charge in [-0.3, -0.25) is 0 Å². The van der Waals surface area contributed by atoms with Crippen LogP contribution in [0.5, 0.6) is 0 Å². The zero-order valence-electron chi connectivity index (χ0n) is 9.57. The number of H-pyrrole nitrogens is 1. The van der Waals surface area contributed by atoms with Crippen molar-refractivity contribution in [1.29, 1.82) is 5.26 Å². The van der Waals surface area contributed by atoms with Gasteiger partial charge in [-0.2, -0.15) is 5.26 Å². The fourth-order valence-electron chi connectivity index (χ4n) is 1.57. The summed E-state index contributed by atoms with van der Waals surface area (Å²) in [6.07, 6.45) is 4.33. The second-order valence-electron chi connectivity index (χ2n) is 3.71. The summed E-state index contributed by atoms with van der Waals surface area (Å²) in [7, 11) is 0. The second kappa shape index (κ2) is 5.12. The summed E-state index contributed by atoms with van der Waals surface area (Å²) in [6, 6.07) is 5.62. The summed E-state index contributed by atoms with van der Waals surface area (Å²) in [5.74, 6) is 1.67. The molecule has 5 nitrogen and oxygen atoms in total. The van der Waals surface area contributed by atoms with E-state index in [-0.39, 0.29) is 0 Å². The van der Waals surface area contributed by atoms with E-state index in [1.54, 1.807) is 24.5 Å². The number of aromatic nitrogens is 3. The Hall–Kier alpha value is -2.35. The molecule has 0 unspecified atom stereocenters. The predicted octanol–water partition coefficient (Wildman–Crippen LogP) is 1.64. The van der Waals surface area contributed by atoms with Gasteiger partial charge in [-0.05, 0) is 19.1 Å². The molecule has 0 amide bonds. The molecule has 2 aromatic rings. The van der Waals surface area contributed by atoms with Crippen molar-refractivity contribution < 1.29 is 0 Å². The van der Waals surface area contributed by atoms with E-state index in [0.29, 0.717) is 5.56 Å². The largest absolute Gasteiger partial charge is 0.370 e. The molecule has 0 saturated heterocycles. The number of hydrogen-bond acceptors (Lipinski definition) is 4. The minimum Gasteiger partial charge on any atom is -0.370 e. The van der Waals surface area contributed by atoms with Crippen molar-refractivity contribution in [3.05, 3.63) is 41.6 Å². The average Bonchev–Trinajstić information content (AvgIpc) is 2.81. The lowest BCUT2D eigenvalue weighted by Gasteiger charge is -2.05. The summed E-state index contributed by atoms with van der Waals surface area (Å²) in [6.45, 7) is 2.60. The van der Waals surface area contributed by atoms with Crippen molar-refractivity contribution in [3.8, 4) is 6.07 Å². The molecule has 0 spiro atoms.